The van der Waals surface area contributed by atoms with Crippen molar-refractivity contribution >= 4 is 47.6 Å². The van der Waals surface area contributed by atoms with Crippen LogP contribution in [0.2, 0.25) is 0 Å². The molecule has 0 bridgehead atoms. The van der Waals surface area contributed by atoms with E-state index in [0.717, 1.165) is 0 Å². The third-order valence-electron chi connectivity index (χ3n) is 1.26. The van der Waals surface area contributed by atoms with Crippen LogP contribution >= 0.6 is 11.3 Å². The minimum absolute atomic E-state index is 0.0952. The van der Waals surface area contributed by atoms with Crippen LogP contribution in [0.1, 0.15) is 0 Å². The number of nitrogen functional groups attached to an aromatic ring is 1. The van der Waals surface area contributed by atoms with Gasteiger partial charge in [-0.15, -0.1) is 0 Å². The third-order valence-corrected chi connectivity index (χ3v) is 2.82. The fourth-order valence-electron chi connectivity index (χ4n) is 0.832. The molecule has 0 fully saturated rings. The molecule has 0 amide bonds. The maximum atomic E-state index is 11.2. The molecule has 61 valence electrons. The van der Waals surface area contributed by atoms with Crippen molar-refractivity contribution in [2.75, 3.05) is 5.73 Å². The SMILES string of the molecule is Nc1nc2nc([Se])sc2c(=O)[nH]1. The van der Waals surface area contributed by atoms with Crippen molar-refractivity contribution in [2.24, 2.45) is 0 Å². The molecule has 3 N–H and O–H groups in total. The normalized spacial score (nSPS) is 10.7. The number of rotatable bonds is 0. The van der Waals surface area contributed by atoms with Crippen LogP contribution in [-0.2, 0) is 0 Å². The Bertz CT molecular complexity index is 490. The Labute approximate surface area is 78.8 Å². The number of hydrogen-bond acceptors (Lipinski definition) is 5. The van der Waals surface area contributed by atoms with Crippen molar-refractivity contribution < 1.29 is 0 Å². The van der Waals surface area contributed by atoms with Gasteiger partial charge in [0, 0.05) is 0 Å². The molecule has 1 radical (unpaired) electrons. The predicted octanol–water partition coefficient (Wildman–Crippen LogP) is -1.24. The Morgan fingerprint density at radius 1 is 1.50 bits per heavy atom. The number of nitrogens with two attached hydrogens (primary N) is 1. The molecule has 2 aromatic rings. The van der Waals surface area contributed by atoms with E-state index in [9.17, 15) is 4.79 Å². The van der Waals surface area contributed by atoms with Gasteiger partial charge in [0.1, 0.15) is 0 Å². The average Bonchev–Trinajstić information content (AvgIpc) is 2.29. The Balaban J connectivity index is 2.98. The van der Waals surface area contributed by atoms with Crippen molar-refractivity contribution in [3.05, 3.63) is 10.4 Å². The maximum absolute atomic E-state index is 11.2. The van der Waals surface area contributed by atoms with E-state index in [4.69, 9.17) is 5.73 Å². The van der Waals surface area contributed by atoms with Crippen molar-refractivity contribution in [3.63, 3.8) is 0 Å². The molecule has 0 saturated heterocycles. The molecular weight excluding hydrogens is 243 g/mol. The van der Waals surface area contributed by atoms with Crippen LogP contribution in [0.5, 0.6) is 0 Å². The minimum atomic E-state index is -0.239. The van der Waals surface area contributed by atoms with E-state index in [1.165, 1.54) is 11.3 Å². The molecule has 7 heteroatoms. The number of anilines is 1. The summed E-state index contributed by atoms with van der Waals surface area (Å²) in [5.41, 5.74) is 5.48. The standard InChI is InChI=1S/C5H3N4OSSe/c6-4-7-2-1(3(10)9-4)11-5(12)8-2/h(H3,6,7,9,10). The van der Waals surface area contributed by atoms with Gasteiger partial charge in [0.15, 0.2) is 0 Å². The van der Waals surface area contributed by atoms with E-state index in [2.05, 4.69) is 31.0 Å². The van der Waals surface area contributed by atoms with Crippen LogP contribution in [0.15, 0.2) is 4.79 Å². The molecule has 5 nitrogen and oxygen atoms in total. The summed E-state index contributed by atoms with van der Waals surface area (Å²) in [5, 5.41) is 0. The third kappa shape index (κ3) is 1.12. The van der Waals surface area contributed by atoms with Gasteiger partial charge in [0.2, 0.25) is 0 Å². The van der Waals surface area contributed by atoms with Gasteiger partial charge in [0.25, 0.3) is 0 Å². The summed E-state index contributed by atoms with van der Waals surface area (Å²) >= 11 is 3.97. The van der Waals surface area contributed by atoms with Gasteiger partial charge in [-0.05, 0) is 0 Å². The Kier molecular flexibility index (Phi) is 1.64. The number of thiazole rings is 1. The van der Waals surface area contributed by atoms with Crippen molar-refractivity contribution in [1.29, 1.82) is 0 Å². The Morgan fingerprint density at radius 2 is 2.25 bits per heavy atom. The Morgan fingerprint density at radius 3 is 3.00 bits per heavy atom. The van der Waals surface area contributed by atoms with Crippen LogP contribution < -0.4 is 15.2 Å². The second-order valence-electron chi connectivity index (χ2n) is 2.08. The first kappa shape index (κ1) is 7.72. The van der Waals surface area contributed by atoms with Crippen molar-refractivity contribution in [3.8, 4) is 0 Å². The van der Waals surface area contributed by atoms with Gasteiger partial charge in [-0.25, -0.2) is 0 Å². The summed E-state index contributed by atoms with van der Waals surface area (Å²) in [7, 11) is 0. The first-order chi connectivity index (χ1) is 5.66. The van der Waals surface area contributed by atoms with Crippen LogP contribution in [0.4, 0.5) is 5.95 Å². The summed E-state index contributed by atoms with van der Waals surface area (Å²) < 4.78 is 1.19. The van der Waals surface area contributed by atoms with Gasteiger partial charge >= 0.3 is 78.6 Å². The second kappa shape index (κ2) is 2.55. The fourth-order valence-corrected chi connectivity index (χ4v) is 2.17. The number of aromatic nitrogens is 3. The van der Waals surface area contributed by atoms with Gasteiger partial charge in [-0.3, -0.25) is 0 Å². The molecule has 12 heavy (non-hydrogen) atoms. The molecule has 0 spiro atoms. The number of aromatic amines is 1. The summed E-state index contributed by atoms with van der Waals surface area (Å²) in [6, 6.07) is 0. The van der Waals surface area contributed by atoms with Crippen molar-refractivity contribution in [1.82, 2.24) is 15.0 Å². The van der Waals surface area contributed by atoms with E-state index < -0.39 is 0 Å². The molecule has 2 heterocycles. The van der Waals surface area contributed by atoms with Gasteiger partial charge in [-0.1, -0.05) is 0 Å². The van der Waals surface area contributed by atoms with Crippen LogP contribution in [0.3, 0.4) is 0 Å². The number of nitrogens with zero attached hydrogens (tertiary/aromatic N) is 2. The van der Waals surface area contributed by atoms with E-state index >= 15 is 0 Å². The molecular formula is C5H3N4OSSe. The number of nitrogens with one attached hydrogen (secondary N) is 1. The number of hydrogen-bond donors (Lipinski definition) is 2. The molecule has 0 aliphatic carbocycles. The van der Waals surface area contributed by atoms with Crippen molar-refractivity contribution in [2.45, 2.75) is 0 Å². The molecule has 0 aliphatic rings. The topological polar surface area (TPSA) is 84.7 Å². The van der Waals surface area contributed by atoms with Crippen LogP contribution in [0.25, 0.3) is 10.3 Å². The average molecular weight is 246 g/mol. The van der Waals surface area contributed by atoms with Gasteiger partial charge < -0.3 is 0 Å². The summed E-state index contributed by atoms with van der Waals surface area (Å²) in [6.07, 6.45) is 0. The zero-order chi connectivity index (χ0) is 8.72. The molecule has 0 atom stereocenters. The summed E-state index contributed by atoms with van der Waals surface area (Å²) in [5.74, 6) is 0.0952. The zero-order valence-corrected chi connectivity index (χ0v) is 8.23. The van der Waals surface area contributed by atoms with Crippen LogP contribution in [0, 0.1) is 0 Å². The molecule has 2 aromatic heterocycles. The monoisotopic (exact) mass is 247 g/mol. The van der Waals surface area contributed by atoms with Gasteiger partial charge in [-0.2, -0.15) is 0 Å². The van der Waals surface area contributed by atoms with E-state index in [1.807, 2.05) is 0 Å². The molecule has 0 unspecified atom stereocenters. The Hall–Kier alpha value is -0.911. The quantitative estimate of drug-likeness (QED) is 0.569. The molecule has 0 saturated carbocycles. The number of H-pyrrole nitrogens is 1. The van der Waals surface area contributed by atoms with Crippen LogP contribution in [-0.4, -0.2) is 31.0 Å². The molecule has 0 aromatic carbocycles. The second-order valence-corrected chi connectivity index (χ2v) is 4.48. The van der Waals surface area contributed by atoms with E-state index in [-0.39, 0.29) is 11.5 Å². The summed E-state index contributed by atoms with van der Waals surface area (Å²) in [6.45, 7) is 0. The van der Waals surface area contributed by atoms with Gasteiger partial charge in [0.05, 0.1) is 0 Å². The molecule has 2 rings (SSSR count). The molecule has 0 aliphatic heterocycles. The first-order valence-electron chi connectivity index (χ1n) is 3.00. The van der Waals surface area contributed by atoms with E-state index in [1.54, 1.807) is 0 Å². The first-order valence-corrected chi connectivity index (χ1v) is 4.67. The number of fused-ring (bicyclic) bond motifs is 1. The fraction of sp³-hybridized carbons (Fsp3) is 0. The van der Waals surface area contributed by atoms with E-state index in [0.29, 0.717) is 14.3 Å². The predicted molar refractivity (Wildman–Crippen MR) is 47.8 cm³/mol. The zero-order valence-electron chi connectivity index (χ0n) is 5.70. The summed E-state index contributed by atoms with van der Waals surface area (Å²) in [4.78, 5) is 21.4.